The number of nitrogens with one attached hydrogen (secondary N) is 2. The molecule has 20 heavy (non-hydrogen) atoms. The lowest BCUT2D eigenvalue weighted by molar-refractivity contribution is 0.181. The van der Waals surface area contributed by atoms with E-state index >= 15 is 0 Å². The monoisotopic (exact) mass is 284 g/mol. The minimum absolute atomic E-state index is 0.430. The largest absolute Gasteiger partial charge is 0.357 e. The predicted octanol–water partition coefficient (Wildman–Crippen LogP) is 2.70. The number of hydrogen-bond acceptors (Lipinski definition) is 2. The van der Waals surface area contributed by atoms with Crippen LogP contribution in [-0.4, -0.2) is 48.6 Å². The van der Waals surface area contributed by atoms with Crippen molar-refractivity contribution in [1.29, 1.82) is 0 Å². The molecule has 0 aliphatic carbocycles. The molecule has 0 aromatic rings. The Morgan fingerprint density at radius 1 is 1.00 bits per heavy atom. The van der Waals surface area contributed by atoms with Crippen LogP contribution in [0.15, 0.2) is 4.99 Å². The fourth-order valence-electron chi connectivity index (χ4n) is 2.09. The normalized spacial score (nSPS) is 14.5. The summed E-state index contributed by atoms with van der Waals surface area (Å²) >= 11 is 0. The van der Waals surface area contributed by atoms with Gasteiger partial charge in [0, 0.05) is 31.2 Å². The Kier molecular flexibility index (Phi) is 9.64. The summed E-state index contributed by atoms with van der Waals surface area (Å²) < 4.78 is 0. The number of aliphatic imine (C=N–C) groups is 1. The van der Waals surface area contributed by atoms with Crippen molar-refractivity contribution in [2.75, 3.05) is 19.6 Å². The molecule has 0 fully saturated rings. The average molecular weight is 284 g/mol. The number of guanidine groups is 1. The molecule has 0 amide bonds. The van der Waals surface area contributed by atoms with Gasteiger partial charge in [0.05, 0.1) is 6.54 Å². The van der Waals surface area contributed by atoms with Crippen LogP contribution in [0.25, 0.3) is 0 Å². The third-order valence-corrected chi connectivity index (χ3v) is 3.66. The van der Waals surface area contributed by atoms with Crippen LogP contribution in [0, 0.1) is 5.92 Å². The molecule has 0 rings (SSSR count). The van der Waals surface area contributed by atoms with Gasteiger partial charge in [-0.25, -0.2) is 0 Å². The molecule has 120 valence electrons. The zero-order valence-electron chi connectivity index (χ0n) is 14.8. The molecule has 0 aromatic carbocycles. The molecular formula is C16H36N4. The van der Waals surface area contributed by atoms with E-state index in [2.05, 4.69) is 70.9 Å². The second-order valence-corrected chi connectivity index (χ2v) is 6.36. The molecule has 0 aliphatic heterocycles. The zero-order chi connectivity index (χ0) is 15.7. The molecule has 0 heterocycles. The summed E-state index contributed by atoms with van der Waals surface area (Å²) in [5.41, 5.74) is 0. The zero-order valence-corrected chi connectivity index (χ0v) is 14.8. The summed E-state index contributed by atoms with van der Waals surface area (Å²) in [6, 6.07) is 1.56. The first-order valence-corrected chi connectivity index (χ1v) is 8.10. The molecule has 1 atom stereocenters. The Bertz CT molecular complexity index is 264. The van der Waals surface area contributed by atoms with Crippen molar-refractivity contribution in [1.82, 2.24) is 15.5 Å². The van der Waals surface area contributed by atoms with Gasteiger partial charge < -0.3 is 10.6 Å². The van der Waals surface area contributed by atoms with Crippen LogP contribution >= 0.6 is 0 Å². The highest BCUT2D eigenvalue weighted by atomic mass is 15.2. The topological polar surface area (TPSA) is 39.7 Å². The van der Waals surface area contributed by atoms with Gasteiger partial charge in [0.25, 0.3) is 0 Å². The van der Waals surface area contributed by atoms with Crippen molar-refractivity contribution in [2.45, 2.75) is 73.5 Å². The van der Waals surface area contributed by atoms with E-state index in [0.29, 0.717) is 24.0 Å². The molecule has 0 radical (unpaired) electrons. The van der Waals surface area contributed by atoms with Gasteiger partial charge in [-0.2, -0.15) is 0 Å². The summed E-state index contributed by atoms with van der Waals surface area (Å²) in [5, 5.41) is 6.79. The smallest absolute Gasteiger partial charge is 0.191 e. The van der Waals surface area contributed by atoms with Crippen molar-refractivity contribution in [3.05, 3.63) is 0 Å². The van der Waals surface area contributed by atoms with Gasteiger partial charge in [-0.05, 0) is 47.5 Å². The Morgan fingerprint density at radius 3 is 1.95 bits per heavy atom. The van der Waals surface area contributed by atoms with Gasteiger partial charge in [-0.3, -0.25) is 9.89 Å². The van der Waals surface area contributed by atoms with E-state index in [1.54, 1.807) is 0 Å². The number of nitrogens with zero attached hydrogens (tertiary/aromatic N) is 2. The summed E-state index contributed by atoms with van der Waals surface area (Å²) in [7, 11) is 0. The predicted molar refractivity (Wildman–Crippen MR) is 90.4 cm³/mol. The van der Waals surface area contributed by atoms with Gasteiger partial charge in [0.15, 0.2) is 5.96 Å². The summed E-state index contributed by atoms with van der Waals surface area (Å²) in [6.45, 7) is 20.5. The van der Waals surface area contributed by atoms with E-state index in [1.807, 2.05) is 0 Å². The molecule has 0 aliphatic rings. The third kappa shape index (κ3) is 7.73. The Balaban J connectivity index is 4.46. The minimum atomic E-state index is 0.430. The minimum Gasteiger partial charge on any atom is -0.357 e. The SMILES string of the molecule is CCNC(=NCCN(C(C)C)C(C)C)NC(C)C(C)C. The Morgan fingerprint density at radius 2 is 1.55 bits per heavy atom. The van der Waals surface area contributed by atoms with Gasteiger partial charge in [-0.15, -0.1) is 0 Å². The van der Waals surface area contributed by atoms with Crippen LogP contribution in [0.1, 0.15) is 55.4 Å². The van der Waals surface area contributed by atoms with E-state index in [0.717, 1.165) is 25.6 Å². The molecule has 4 heteroatoms. The number of hydrogen-bond donors (Lipinski definition) is 2. The standard InChI is InChI=1S/C16H36N4/c1-9-17-16(19-15(8)12(2)3)18-10-11-20(13(4)5)14(6)7/h12-15H,9-11H2,1-8H3,(H2,17,18,19). The lowest BCUT2D eigenvalue weighted by Gasteiger charge is -2.30. The Labute approximate surface area is 126 Å². The molecule has 0 bridgehead atoms. The molecule has 4 nitrogen and oxygen atoms in total. The van der Waals surface area contributed by atoms with Crippen LogP contribution in [0.5, 0.6) is 0 Å². The maximum atomic E-state index is 4.69. The maximum Gasteiger partial charge on any atom is 0.191 e. The van der Waals surface area contributed by atoms with Gasteiger partial charge in [0.2, 0.25) is 0 Å². The lowest BCUT2D eigenvalue weighted by atomic mass is 10.1. The van der Waals surface area contributed by atoms with Crippen LogP contribution in [0.4, 0.5) is 0 Å². The molecule has 0 saturated heterocycles. The first kappa shape index (κ1) is 19.2. The first-order chi connectivity index (χ1) is 9.29. The molecule has 1 unspecified atom stereocenters. The van der Waals surface area contributed by atoms with E-state index in [4.69, 9.17) is 4.99 Å². The molecule has 0 aromatic heterocycles. The van der Waals surface area contributed by atoms with Crippen molar-refractivity contribution in [3.63, 3.8) is 0 Å². The average Bonchev–Trinajstić information content (AvgIpc) is 2.33. The van der Waals surface area contributed by atoms with Gasteiger partial charge in [0.1, 0.15) is 0 Å². The highest BCUT2D eigenvalue weighted by molar-refractivity contribution is 5.80. The second-order valence-electron chi connectivity index (χ2n) is 6.36. The maximum absolute atomic E-state index is 4.69. The quantitative estimate of drug-likeness (QED) is 0.532. The highest BCUT2D eigenvalue weighted by Crippen LogP contribution is 2.04. The molecule has 0 spiro atoms. The van der Waals surface area contributed by atoms with Crippen molar-refractivity contribution in [3.8, 4) is 0 Å². The molecular weight excluding hydrogens is 248 g/mol. The van der Waals surface area contributed by atoms with Crippen LogP contribution in [0.2, 0.25) is 0 Å². The van der Waals surface area contributed by atoms with Crippen LogP contribution in [0.3, 0.4) is 0 Å². The van der Waals surface area contributed by atoms with Crippen LogP contribution in [-0.2, 0) is 0 Å². The van der Waals surface area contributed by atoms with E-state index < -0.39 is 0 Å². The van der Waals surface area contributed by atoms with Crippen LogP contribution < -0.4 is 10.6 Å². The van der Waals surface area contributed by atoms with Crippen molar-refractivity contribution >= 4 is 5.96 Å². The van der Waals surface area contributed by atoms with Crippen molar-refractivity contribution < 1.29 is 0 Å². The van der Waals surface area contributed by atoms with E-state index in [1.165, 1.54) is 0 Å². The summed E-state index contributed by atoms with van der Waals surface area (Å²) in [5.74, 6) is 1.53. The first-order valence-electron chi connectivity index (χ1n) is 8.10. The highest BCUT2D eigenvalue weighted by Gasteiger charge is 2.13. The van der Waals surface area contributed by atoms with Gasteiger partial charge >= 0.3 is 0 Å². The van der Waals surface area contributed by atoms with Crippen molar-refractivity contribution in [2.24, 2.45) is 10.9 Å². The fourth-order valence-corrected chi connectivity index (χ4v) is 2.09. The summed E-state index contributed by atoms with van der Waals surface area (Å²) in [6.07, 6.45) is 0. The second kappa shape index (κ2) is 10.0. The lowest BCUT2D eigenvalue weighted by Crippen LogP contribution is -2.45. The Hall–Kier alpha value is -0.770. The van der Waals surface area contributed by atoms with E-state index in [9.17, 15) is 0 Å². The molecule has 0 saturated carbocycles. The van der Waals surface area contributed by atoms with Gasteiger partial charge in [-0.1, -0.05) is 13.8 Å². The third-order valence-electron chi connectivity index (χ3n) is 3.66. The number of rotatable bonds is 8. The molecule has 2 N–H and O–H groups in total. The fraction of sp³-hybridized carbons (Fsp3) is 0.938. The van der Waals surface area contributed by atoms with E-state index in [-0.39, 0.29) is 0 Å². The summed E-state index contributed by atoms with van der Waals surface area (Å²) in [4.78, 5) is 7.16.